The maximum absolute atomic E-state index is 14.6. The summed E-state index contributed by atoms with van der Waals surface area (Å²) in [5.74, 6) is -2.75. The van der Waals surface area contributed by atoms with E-state index in [0.717, 1.165) is 23.3 Å². The number of carboxylic acids is 2. The monoisotopic (exact) mass is 864 g/mol. The van der Waals surface area contributed by atoms with Crippen LogP contribution in [0.5, 0.6) is 5.75 Å². The quantitative estimate of drug-likeness (QED) is 0.139. The lowest BCUT2D eigenvalue weighted by Crippen LogP contribution is -2.45. The number of anilines is 4. The summed E-state index contributed by atoms with van der Waals surface area (Å²) in [5.41, 5.74) is 3.78. The molecule has 6 heterocycles. The molecule has 6 aromatic rings. The Kier molecular flexibility index (Phi) is 12.4. The lowest BCUT2D eigenvalue weighted by molar-refractivity contribution is -0.144. The van der Waals surface area contributed by atoms with Gasteiger partial charge in [-0.15, -0.1) is 0 Å². The van der Waals surface area contributed by atoms with E-state index in [-0.39, 0.29) is 71.7 Å². The van der Waals surface area contributed by atoms with Gasteiger partial charge < -0.3 is 53.9 Å². The Morgan fingerprint density at radius 1 is 0.794 bits per heavy atom. The molecule has 19 nitrogen and oxygen atoms in total. The molecule has 8 rings (SSSR count). The van der Waals surface area contributed by atoms with Gasteiger partial charge in [-0.1, -0.05) is 18.2 Å². The zero-order valence-corrected chi connectivity index (χ0v) is 35.0. The second kappa shape index (κ2) is 18.2. The molecule has 328 valence electrons. The molecule has 2 aliphatic rings. The zero-order chi connectivity index (χ0) is 44.4. The molecular formula is C43H45FN10O9. The molecule has 0 spiro atoms. The van der Waals surface area contributed by atoms with Gasteiger partial charge in [0.2, 0.25) is 11.9 Å². The lowest BCUT2D eigenvalue weighted by Gasteiger charge is -2.33. The van der Waals surface area contributed by atoms with Crippen LogP contribution in [0.1, 0.15) is 26.5 Å². The number of halogens is 1. The van der Waals surface area contributed by atoms with Crippen LogP contribution in [0.4, 0.5) is 27.7 Å². The van der Waals surface area contributed by atoms with Crippen LogP contribution in [0.25, 0.3) is 44.6 Å². The number of methoxy groups -OCH3 is 1. The third-order valence-corrected chi connectivity index (χ3v) is 10.6. The van der Waals surface area contributed by atoms with Crippen molar-refractivity contribution in [2.45, 2.75) is 12.9 Å². The van der Waals surface area contributed by atoms with Gasteiger partial charge in [0.15, 0.2) is 17.7 Å². The number of pyridine rings is 2. The van der Waals surface area contributed by atoms with Gasteiger partial charge in [-0.2, -0.15) is 0 Å². The summed E-state index contributed by atoms with van der Waals surface area (Å²) in [5, 5.41) is 30.9. The van der Waals surface area contributed by atoms with E-state index in [9.17, 15) is 29.3 Å². The average molecular weight is 865 g/mol. The smallest absolute Gasteiger partial charge is 0.354 e. The number of phenols is 1. The molecule has 63 heavy (non-hydrogen) atoms. The number of fused-ring (bicyclic) bond motifs is 2. The number of likely N-dealkylation sites (N-methyl/N-ethyl adjacent to an activating group) is 1. The number of aromatic nitrogens is 6. The molecule has 2 saturated heterocycles. The minimum Gasteiger partial charge on any atom is -0.507 e. The molecular weight excluding hydrogens is 820 g/mol. The van der Waals surface area contributed by atoms with Crippen molar-refractivity contribution in [1.29, 1.82) is 0 Å². The number of hydrogen-bond acceptors (Lipinski definition) is 17. The number of phenolic OH excluding ortho intramolecular Hbond substituents is 1. The SMILES string of the molecule is COCc1cccc(-c2nc(N3CCOCC3)nc3c(N(C)CCOC4CN(c5nc(-c6cc(F)ccc6O)c6nc(C(=O)O)cc(N(C)C)c6n5)CCO4)cc(C(=O)O)nc23)c1. The van der Waals surface area contributed by atoms with E-state index in [4.69, 9.17) is 38.9 Å². The Bertz CT molecular complexity index is 2700. The molecule has 2 fully saturated rings. The molecule has 20 heteroatoms. The highest BCUT2D eigenvalue weighted by molar-refractivity contribution is 6.02. The summed E-state index contributed by atoms with van der Waals surface area (Å²) < 4.78 is 37.9. The molecule has 4 aromatic heterocycles. The highest BCUT2D eigenvalue weighted by Gasteiger charge is 2.28. The summed E-state index contributed by atoms with van der Waals surface area (Å²) in [6.07, 6.45) is -0.761. The summed E-state index contributed by atoms with van der Waals surface area (Å²) in [7, 11) is 6.88. The minimum atomic E-state index is -1.28. The van der Waals surface area contributed by atoms with Crippen LogP contribution in [0, 0.1) is 5.82 Å². The Labute approximate surface area is 360 Å². The Morgan fingerprint density at radius 3 is 2.14 bits per heavy atom. The molecule has 2 aromatic carbocycles. The van der Waals surface area contributed by atoms with Crippen LogP contribution in [0.15, 0.2) is 54.6 Å². The van der Waals surface area contributed by atoms with Crippen LogP contribution in [-0.4, -0.2) is 151 Å². The fourth-order valence-electron chi connectivity index (χ4n) is 7.46. The number of carbonyl (C=O) groups is 2. The first kappa shape index (κ1) is 42.8. The first-order valence-electron chi connectivity index (χ1n) is 20.1. The molecule has 2 aliphatic heterocycles. The summed E-state index contributed by atoms with van der Waals surface area (Å²) in [6, 6.07) is 13.9. The number of carboxylic acid groups (broad SMARTS) is 2. The van der Waals surface area contributed by atoms with Crippen molar-refractivity contribution in [2.75, 3.05) is 107 Å². The number of aromatic carboxylic acids is 2. The van der Waals surface area contributed by atoms with Crippen LogP contribution >= 0.6 is 0 Å². The van der Waals surface area contributed by atoms with E-state index in [1.807, 2.05) is 46.0 Å². The molecule has 0 saturated carbocycles. The van der Waals surface area contributed by atoms with E-state index in [1.165, 1.54) is 18.2 Å². The third-order valence-electron chi connectivity index (χ3n) is 10.6. The van der Waals surface area contributed by atoms with E-state index < -0.39 is 24.0 Å². The van der Waals surface area contributed by atoms with Crippen LogP contribution in [-0.2, 0) is 25.6 Å². The first-order chi connectivity index (χ1) is 30.4. The highest BCUT2D eigenvalue weighted by atomic mass is 19.1. The van der Waals surface area contributed by atoms with Crippen molar-refractivity contribution in [1.82, 2.24) is 29.9 Å². The average Bonchev–Trinajstić information content (AvgIpc) is 3.28. The summed E-state index contributed by atoms with van der Waals surface area (Å²) in [4.78, 5) is 60.4. The van der Waals surface area contributed by atoms with Gasteiger partial charge in [0.25, 0.3) is 0 Å². The fraction of sp³-hybridized carbons (Fsp3) is 0.349. The van der Waals surface area contributed by atoms with Crippen molar-refractivity contribution in [3.8, 4) is 28.3 Å². The second-order valence-corrected chi connectivity index (χ2v) is 15.1. The van der Waals surface area contributed by atoms with E-state index in [2.05, 4.69) is 9.97 Å². The number of hydrogen-bond donors (Lipinski definition) is 3. The van der Waals surface area contributed by atoms with Crippen molar-refractivity contribution in [3.63, 3.8) is 0 Å². The van der Waals surface area contributed by atoms with E-state index >= 15 is 0 Å². The molecule has 3 N–H and O–H groups in total. The van der Waals surface area contributed by atoms with Crippen molar-refractivity contribution >= 4 is 57.3 Å². The Hall–Kier alpha value is -6.87. The number of morpholine rings is 2. The van der Waals surface area contributed by atoms with Gasteiger partial charge in [0, 0.05) is 65.6 Å². The highest BCUT2D eigenvalue weighted by Crippen LogP contribution is 2.38. The van der Waals surface area contributed by atoms with Crippen LogP contribution in [0.3, 0.4) is 0 Å². The number of rotatable bonds is 14. The number of benzene rings is 2. The van der Waals surface area contributed by atoms with Crippen molar-refractivity contribution < 1.29 is 48.2 Å². The number of aromatic hydroxyl groups is 1. The summed E-state index contributed by atoms with van der Waals surface area (Å²) in [6.45, 7) is 3.71. The Morgan fingerprint density at radius 2 is 1.44 bits per heavy atom. The zero-order valence-electron chi connectivity index (χ0n) is 35.0. The number of ether oxygens (including phenoxy) is 4. The molecule has 0 radical (unpaired) electrons. The van der Waals surface area contributed by atoms with Gasteiger partial charge >= 0.3 is 11.9 Å². The van der Waals surface area contributed by atoms with E-state index in [1.54, 1.807) is 26.1 Å². The second-order valence-electron chi connectivity index (χ2n) is 15.1. The van der Waals surface area contributed by atoms with Crippen molar-refractivity contribution in [2.24, 2.45) is 0 Å². The van der Waals surface area contributed by atoms with Crippen molar-refractivity contribution in [3.05, 3.63) is 77.4 Å². The number of nitrogens with zero attached hydrogens (tertiary/aromatic N) is 10. The third kappa shape index (κ3) is 9.05. The van der Waals surface area contributed by atoms with Gasteiger partial charge in [-0.25, -0.2) is 43.9 Å². The maximum Gasteiger partial charge on any atom is 0.354 e. The topological polar surface area (TPSA) is 222 Å². The van der Waals surface area contributed by atoms with E-state index in [0.29, 0.717) is 73.5 Å². The summed E-state index contributed by atoms with van der Waals surface area (Å²) >= 11 is 0. The van der Waals surface area contributed by atoms with Gasteiger partial charge in [0.05, 0.1) is 51.0 Å². The fourth-order valence-corrected chi connectivity index (χ4v) is 7.46. The van der Waals surface area contributed by atoms with Gasteiger partial charge in [0.1, 0.15) is 45.0 Å². The predicted molar refractivity (Wildman–Crippen MR) is 230 cm³/mol. The van der Waals surface area contributed by atoms with Gasteiger partial charge in [-0.05, 0) is 42.0 Å². The normalized spacial score (nSPS) is 15.5. The first-order valence-corrected chi connectivity index (χ1v) is 20.1. The predicted octanol–water partition coefficient (Wildman–Crippen LogP) is 4.30. The molecule has 1 unspecified atom stereocenters. The molecule has 1 atom stereocenters. The van der Waals surface area contributed by atoms with Crippen LogP contribution in [0.2, 0.25) is 0 Å². The van der Waals surface area contributed by atoms with Gasteiger partial charge in [-0.3, -0.25) is 0 Å². The standard InChI is InChI=1S/C43H45FN10O9/c1-51(2)30-20-28(40(56)57)46-39-35(27-19-26(44)8-9-32(27)55)48-43(49-36(30)39)54-13-17-63-33(22-54)62-16-10-52(3)31-21-29(41(58)59)45-38-34(25-7-5-6-24(18-25)23-60-4)47-42(50-37(31)38)53-11-14-61-15-12-53/h5-9,18-21,33,55H,10-17,22-23H2,1-4H3,(H,56,57)(H,58,59). The minimum absolute atomic E-state index is 0.0104. The molecule has 0 aliphatic carbocycles. The largest absolute Gasteiger partial charge is 0.507 e. The molecule has 0 bridgehead atoms. The Balaban J connectivity index is 1.09. The lowest BCUT2D eigenvalue weighted by atomic mass is 10.1. The molecule has 0 amide bonds. The van der Waals surface area contributed by atoms with Crippen LogP contribution < -0.4 is 19.6 Å². The maximum atomic E-state index is 14.6.